The van der Waals surface area contributed by atoms with Gasteiger partial charge < -0.3 is 4.12 Å². The first-order chi connectivity index (χ1) is 9.37. The predicted octanol–water partition coefficient (Wildman–Crippen LogP) is 7.38. The van der Waals surface area contributed by atoms with Crippen molar-refractivity contribution in [2.75, 3.05) is 0 Å². The van der Waals surface area contributed by atoms with E-state index in [0.717, 1.165) is 23.7 Å². The average Bonchev–Trinajstić information content (AvgIpc) is 2.07. The van der Waals surface area contributed by atoms with Crippen LogP contribution in [0, 0.1) is 23.7 Å². The summed E-state index contributed by atoms with van der Waals surface area (Å²) < 4.78 is 7.12. The van der Waals surface area contributed by atoms with Crippen molar-refractivity contribution in [2.24, 2.45) is 23.7 Å². The highest BCUT2D eigenvalue weighted by Crippen LogP contribution is 2.41. The molecule has 0 unspecified atom stereocenters. The molecular weight excluding hydrogens is 518 g/mol. The fraction of sp³-hybridized carbons (Fsp3) is 1.00. The van der Waals surface area contributed by atoms with E-state index in [-0.39, 0.29) is 0 Å². The van der Waals surface area contributed by atoms with E-state index in [1.807, 2.05) is 0 Å². The second kappa shape index (κ2) is 9.98. The van der Waals surface area contributed by atoms with Gasteiger partial charge in [0.1, 0.15) is 0 Å². The molecule has 0 amide bonds. The Hall–Kier alpha value is 1.85. The maximum Gasteiger partial charge on any atom is 0.249 e. The molecule has 21 heavy (non-hydrogen) atoms. The van der Waals surface area contributed by atoms with E-state index in [0.29, 0.717) is 0 Å². The summed E-state index contributed by atoms with van der Waals surface area (Å²) in [5.74, 6) is -0.241. The minimum absolute atomic E-state index is 0.750. The SMILES string of the molecule is CC(C)C[Si](I)(CC(C)C)O[Si](I)(CC(C)C)CC(C)C. The lowest BCUT2D eigenvalue weighted by atomic mass is 10.3. The van der Waals surface area contributed by atoms with Gasteiger partial charge in [-0.2, -0.15) is 0 Å². The molecule has 0 aliphatic carbocycles. The lowest BCUT2D eigenvalue weighted by Gasteiger charge is -2.39. The van der Waals surface area contributed by atoms with Crippen LogP contribution in [0.2, 0.25) is 24.2 Å². The fourth-order valence-electron chi connectivity index (χ4n) is 3.10. The van der Waals surface area contributed by atoms with Crippen LogP contribution in [0.5, 0.6) is 0 Å². The van der Waals surface area contributed by atoms with E-state index < -0.39 is 11.6 Å². The molecule has 0 saturated heterocycles. The molecular formula is C16H36I2OSi2. The molecule has 128 valence electrons. The summed E-state index contributed by atoms with van der Waals surface area (Å²) in [6.07, 6.45) is 0. The first kappa shape index (κ1) is 22.9. The van der Waals surface area contributed by atoms with E-state index in [1.165, 1.54) is 24.2 Å². The van der Waals surface area contributed by atoms with Crippen LogP contribution in [0.4, 0.5) is 0 Å². The molecule has 0 aromatic rings. The normalized spacial score (nSPS) is 14.0. The Morgan fingerprint density at radius 2 is 0.762 bits per heavy atom. The van der Waals surface area contributed by atoms with Gasteiger partial charge in [0, 0.05) is 0 Å². The first-order valence-corrected chi connectivity index (χ1v) is 19.3. The quantitative estimate of drug-likeness (QED) is 0.156. The maximum absolute atomic E-state index is 7.12. The third-order valence-electron chi connectivity index (χ3n) is 3.22. The zero-order chi connectivity index (χ0) is 16.8. The molecule has 0 atom stereocenters. The summed E-state index contributed by atoms with van der Waals surface area (Å²) in [4.78, 5) is 0. The van der Waals surface area contributed by atoms with Gasteiger partial charge in [-0.3, -0.25) is 0 Å². The summed E-state index contributed by atoms with van der Waals surface area (Å²) in [5.41, 5.74) is 0. The van der Waals surface area contributed by atoms with Crippen molar-refractivity contribution in [2.45, 2.75) is 79.6 Å². The Morgan fingerprint density at radius 1 is 0.571 bits per heavy atom. The van der Waals surface area contributed by atoms with Crippen molar-refractivity contribution < 1.29 is 4.12 Å². The zero-order valence-corrected chi connectivity index (χ0v) is 21.6. The molecule has 0 saturated carbocycles. The van der Waals surface area contributed by atoms with Gasteiger partial charge in [0.05, 0.1) is 0 Å². The number of hydrogen-bond donors (Lipinski definition) is 0. The van der Waals surface area contributed by atoms with Gasteiger partial charge in [-0.15, -0.1) is 0 Å². The number of rotatable bonds is 10. The van der Waals surface area contributed by atoms with E-state index in [2.05, 4.69) is 99.0 Å². The lowest BCUT2D eigenvalue weighted by Crippen LogP contribution is -2.47. The predicted molar refractivity (Wildman–Crippen MR) is 119 cm³/mol. The molecule has 0 aromatic heterocycles. The van der Waals surface area contributed by atoms with Gasteiger partial charge in [-0.1, -0.05) is 99.0 Å². The van der Waals surface area contributed by atoms with E-state index in [4.69, 9.17) is 4.12 Å². The third kappa shape index (κ3) is 11.1. The molecule has 0 aromatic carbocycles. The van der Waals surface area contributed by atoms with Crippen molar-refractivity contribution in [1.82, 2.24) is 0 Å². The Bertz CT molecular complexity index is 246. The zero-order valence-electron chi connectivity index (χ0n) is 15.3. The van der Waals surface area contributed by atoms with Gasteiger partial charge >= 0.3 is 0 Å². The van der Waals surface area contributed by atoms with Crippen LogP contribution in [-0.4, -0.2) is 11.6 Å². The number of halogens is 2. The molecule has 0 spiro atoms. The summed E-state index contributed by atoms with van der Waals surface area (Å²) in [7, 11) is 0. The minimum atomic E-state index is -1.62. The first-order valence-electron chi connectivity index (χ1n) is 8.45. The monoisotopic (exact) mass is 554 g/mol. The second-order valence-electron chi connectivity index (χ2n) is 8.26. The van der Waals surface area contributed by atoms with Crippen LogP contribution in [-0.2, 0) is 4.12 Å². The molecule has 0 heterocycles. The molecule has 0 N–H and O–H groups in total. The van der Waals surface area contributed by atoms with Crippen LogP contribution in [0.3, 0.4) is 0 Å². The Kier molecular flexibility index (Phi) is 10.9. The van der Waals surface area contributed by atoms with Gasteiger partial charge in [0.2, 0.25) is 11.6 Å². The lowest BCUT2D eigenvalue weighted by molar-refractivity contribution is 0.500. The van der Waals surface area contributed by atoms with Gasteiger partial charge in [0.25, 0.3) is 0 Å². The van der Waals surface area contributed by atoms with Crippen LogP contribution >= 0.6 is 43.6 Å². The van der Waals surface area contributed by atoms with E-state index in [1.54, 1.807) is 0 Å². The molecule has 0 aliphatic rings. The summed E-state index contributed by atoms with van der Waals surface area (Å²) in [6.45, 7) is 18.8. The molecule has 0 aliphatic heterocycles. The smallest absolute Gasteiger partial charge is 0.249 e. The molecule has 5 heteroatoms. The summed E-state index contributed by atoms with van der Waals surface area (Å²) in [5, 5.41) is 0. The van der Waals surface area contributed by atoms with Crippen LogP contribution in [0.25, 0.3) is 0 Å². The molecule has 0 rings (SSSR count). The highest BCUT2D eigenvalue weighted by Gasteiger charge is 2.44. The van der Waals surface area contributed by atoms with Crippen LogP contribution in [0.15, 0.2) is 0 Å². The standard InChI is InChI=1S/C16H36I2OSi2/c1-13(2)9-20(17,10-14(3)4)19-21(18,11-15(5)6)12-16(7)8/h13-16H,9-12H2,1-8H3. The van der Waals surface area contributed by atoms with Crippen LogP contribution < -0.4 is 0 Å². The Labute approximate surface area is 161 Å². The largest absolute Gasteiger partial charge is 0.440 e. The Balaban J connectivity index is 5.18. The topological polar surface area (TPSA) is 9.23 Å². The van der Waals surface area contributed by atoms with Gasteiger partial charge in [0.15, 0.2) is 0 Å². The van der Waals surface area contributed by atoms with E-state index in [9.17, 15) is 0 Å². The molecule has 1 nitrogen and oxygen atoms in total. The van der Waals surface area contributed by atoms with Crippen molar-refractivity contribution in [3.8, 4) is 0 Å². The minimum Gasteiger partial charge on any atom is -0.440 e. The van der Waals surface area contributed by atoms with Crippen molar-refractivity contribution in [3.63, 3.8) is 0 Å². The molecule has 0 bridgehead atoms. The highest BCUT2D eigenvalue weighted by molar-refractivity contribution is 14.1. The van der Waals surface area contributed by atoms with Crippen molar-refractivity contribution in [3.05, 3.63) is 0 Å². The van der Waals surface area contributed by atoms with Crippen LogP contribution in [0.1, 0.15) is 55.4 Å². The Morgan fingerprint density at radius 3 is 0.905 bits per heavy atom. The third-order valence-corrected chi connectivity index (χ3v) is 21.1. The highest BCUT2D eigenvalue weighted by atomic mass is 127. The molecule has 0 radical (unpaired) electrons. The van der Waals surface area contributed by atoms with Crippen molar-refractivity contribution in [1.29, 1.82) is 0 Å². The maximum atomic E-state index is 7.12. The summed E-state index contributed by atoms with van der Waals surface area (Å²) in [6, 6.07) is 5.22. The van der Waals surface area contributed by atoms with Gasteiger partial charge in [-0.05, 0) is 47.8 Å². The summed E-state index contributed by atoms with van der Waals surface area (Å²) >= 11 is 5.54. The molecule has 0 fully saturated rings. The van der Waals surface area contributed by atoms with E-state index >= 15 is 0 Å². The number of hydrogen-bond acceptors (Lipinski definition) is 1. The average molecular weight is 554 g/mol. The second-order valence-corrected chi connectivity index (χ2v) is 26.0. The van der Waals surface area contributed by atoms with Crippen molar-refractivity contribution >= 4 is 55.2 Å². The fourth-order valence-corrected chi connectivity index (χ4v) is 34.2. The van der Waals surface area contributed by atoms with Gasteiger partial charge in [-0.25, -0.2) is 0 Å².